The van der Waals surface area contributed by atoms with Crippen molar-refractivity contribution in [2.45, 2.75) is 26.7 Å². The molecule has 1 aromatic carbocycles. The Balaban J connectivity index is 1.77. The smallest absolute Gasteiger partial charge is 0.257 e. The Labute approximate surface area is 143 Å². The summed E-state index contributed by atoms with van der Waals surface area (Å²) in [7, 11) is 0. The van der Waals surface area contributed by atoms with Crippen molar-refractivity contribution in [2.75, 3.05) is 44.2 Å². The predicted octanol–water partition coefficient (Wildman–Crippen LogP) is 1.65. The molecule has 6 heteroatoms. The molecule has 0 atom stereocenters. The SMILES string of the molecule is CCN(CC)CCNC(=O)COc1cccc(N2CCCC2=O)c1. The highest BCUT2D eigenvalue weighted by Crippen LogP contribution is 2.25. The van der Waals surface area contributed by atoms with Crippen LogP contribution >= 0.6 is 0 Å². The van der Waals surface area contributed by atoms with Gasteiger partial charge in [-0.05, 0) is 31.6 Å². The number of rotatable bonds is 9. The summed E-state index contributed by atoms with van der Waals surface area (Å²) in [6, 6.07) is 7.34. The highest BCUT2D eigenvalue weighted by Gasteiger charge is 2.21. The molecule has 0 unspecified atom stereocenters. The van der Waals surface area contributed by atoms with E-state index < -0.39 is 0 Å². The van der Waals surface area contributed by atoms with Crippen LogP contribution in [0.1, 0.15) is 26.7 Å². The first-order valence-corrected chi connectivity index (χ1v) is 8.66. The van der Waals surface area contributed by atoms with Crippen LogP contribution in [0, 0.1) is 0 Å². The van der Waals surface area contributed by atoms with E-state index in [0.717, 1.165) is 38.3 Å². The van der Waals surface area contributed by atoms with Gasteiger partial charge in [-0.15, -0.1) is 0 Å². The number of benzene rings is 1. The number of carbonyl (C=O) groups excluding carboxylic acids is 2. The Morgan fingerprint density at radius 2 is 2.12 bits per heavy atom. The number of anilines is 1. The van der Waals surface area contributed by atoms with Gasteiger partial charge in [0.2, 0.25) is 5.91 Å². The fourth-order valence-electron chi connectivity index (χ4n) is 2.76. The molecule has 2 rings (SSSR count). The van der Waals surface area contributed by atoms with E-state index in [1.165, 1.54) is 0 Å². The highest BCUT2D eigenvalue weighted by molar-refractivity contribution is 5.95. The van der Waals surface area contributed by atoms with E-state index in [0.29, 0.717) is 18.7 Å². The van der Waals surface area contributed by atoms with E-state index >= 15 is 0 Å². The average Bonchev–Trinajstić information content (AvgIpc) is 3.03. The Hall–Kier alpha value is -2.08. The summed E-state index contributed by atoms with van der Waals surface area (Å²) in [5.74, 6) is 0.609. The Bertz CT molecular complexity index is 558. The highest BCUT2D eigenvalue weighted by atomic mass is 16.5. The third-order valence-corrected chi connectivity index (χ3v) is 4.22. The molecule has 24 heavy (non-hydrogen) atoms. The van der Waals surface area contributed by atoms with Crippen molar-refractivity contribution in [2.24, 2.45) is 0 Å². The summed E-state index contributed by atoms with van der Waals surface area (Å²) in [6.45, 7) is 8.34. The van der Waals surface area contributed by atoms with Gasteiger partial charge < -0.3 is 19.9 Å². The lowest BCUT2D eigenvalue weighted by Crippen LogP contribution is -2.36. The fourth-order valence-corrected chi connectivity index (χ4v) is 2.76. The second kappa shape index (κ2) is 9.27. The minimum absolute atomic E-state index is 0.0182. The second-order valence-corrected chi connectivity index (χ2v) is 5.81. The lowest BCUT2D eigenvalue weighted by Gasteiger charge is -2.18. The van der Waals surface area contributed by atoms with Crippen molar-refractivity contribution in [3.05, 3.63) is 24.3 Å². The molecule has 0 saturated carbocycles. The molecule has 1 saturated heterocycles. The lowest BCUT2D eigenvalue weighted by molar-refractivity contribution is -0.123. The normalized spacial score (nSPS) is 14.3. The third-order valence-electron chi connectivity index (χ3n) is 4.22. The largest absolute Gasteiger partial charge is 0.484 e. The Morgan fingerprint density at radius 3 is 2.79 bits per heavy atom. The Kier molecular flexibility index (Phi) is 7.06. The Morgan fingerprint density at radius 1 is 1.33 bits per heavy atom. The molecular weight excluding hydrogens is 306 g/mol. The monoisotopic (exact) mass is 333 g/mol. The first-order chi connectivity index (χ1) is 11.6. The lowest BCUT2D eigenvalue weighted by atomic mass is 10.3. The topological polar surface area (TPSA) is 61.9 Å². The summed E-state index contributed by atoms with van der Waals surface area (Å²) in [5.41, 5.74) is 0.831. The van der Waals surface area contributed by atoms with Gasteiger partial charge in [-0.3, -0.25) is 9.59 Å². The van der Waals surface area contributed by atoms with Gasteiger partial charge in [-0.2, -0.15) is 0 Å². The van der Waals surface area contributed by atoms with Crippen LogP contribution in [-0.2, 0) is 9.59 Å². The molecule has 2 amide bonds. The van der Waals surface area contributed by atoms with Gasteiger partial charge in [0.1, 0.15) is 5.75 Å². The zero-order valence-corrected chi connectivity index (χ0v) is 14.6. The molecule has 1 fully saturated rings. The number of hydrogen-bond donors (Lipinski definition) is 1. The van der Waals surface area contributed by atoms with Crippen molar-refractivity contribution in [3.8, 4) is 5.75 Å². The molecular formula is C18H27N3O3. The predicted molar refractivity (Wildman–Crippen MR) is 94.3 cm³/mol. The number of amides is 2. The molecule has 1 aliphatic heterocycles. The standard InChI is InChI=1S/C18H27N3O3/c1-3-20(4-2)12-10-19-17(22)14-24-16-8-5-7-15(13-16)21-11-6-9-18(21)23/h5,7-8,13H,3-4,6,9-12,14H2,1-2H3,(H,19,22). The van der Waals surface area contributed by atoms with E-state index in [4.69, 9.17) is 4.74 Å². The summed E-state index contributed by atoms with van der Waals surface area (Å²) in [6.07, 6.45) is 1.49. The number of hydrogen-bond acceptors (Lipinski definition) is 4. The van der Waals surface area contributed by atoms with Crippen molar-refractivity contribution < 1.29 is 14.3 Å². The van der Waals surface area contributed by atoms with E-state index in [1.807, 2.05) is 18.2 Å². The van der Waals surface area contributed by atoms with E-state index in [1.54, 1.807) is 11.0 Å². The maximum Gasteiger partial charge on any atom is 0.257 e. The molecule has 1 heterocycles. The number of carbonyl (C=O) groups is 2. The van der Waals surface area contributed by atoms with Crippen molar-refractivity contribution in [1.29, 1.82) is 0 Å². The van der Waals surface area contributed by atoms with Crippen LogP contribution in [-0.4, -0.2) is 56.0 Å². The van der Waals surface area contributed by atoms with Crippen LogP contribution in [0.25, 0.3) is 0 Å². The zero-order chi connectivity index (χ0) is 17.4. The molecule has 1 aliphatic rings. The van der Waals surface area contributed by atoms with E-state index in [2.05, 4.69) is 24.1 Å². The molecule has 0 radical (unpaired) electrons. The molecule has 0 bridgehead atoms. The summed E-state index contributed by atoms with van der Waals surface area (Å²) in [4.78, 5) is 27.6. The van der Waals surface area contributed by atoms with E-state index in [9.17, 15) is 9.59 Å². The third kappa shape index (κ3) is 5.23. The first kappa shape index (κ1) is 18.3. The molecule has 1 aromatic rings. The average molecular weight is 333 g/mol. The fraction of sp³-hybridized carbons (Fsp3) is 0.556. The van der Waals surface area contributed by atoms with Crippen LogP contribution in [0.2, 0.25) is 0 Å². The van der Waals surface area contributed by atoms with E-state index in [-0.39, 0.29) is 18.4 Å². The maximum absolute atomic E-state index is 11.8. The van der Waals surface area contributed by atoms with Crippen LogP contribution in [0.15, 0.2) is 24.3 Å². The molecule has 0 aromatic heterocycles. The van der Waals surface area contributed by atoms with Crippen molar-refractivity contribution in [1.82, 2.24) is 10.2 Å². The van der Waals surface area contributed by atoms with Gasteiger partial charge in [-0.25, -0.2) is 0 Å². The van der Waals surface area contributed by atoms with Gasteiger partial charge in [0.15, 0.2) is 6.61 Å². The first-order valence-electron chi connectivity index (χ1n) is 8.66. The van der Waals surface area contributed by atoms with Gasteiger partial charge in [0, 0.05) is 37.8 Å². The minimum atomic E-state index is -0.134. The number of nitrogens with one attached hydrogen (secondary N) is 1. The van der Waals surface area contributed by atoms with Crippen molar-refractivity contribution in [3.63, 3.8) is 0 Å². The summed E-state index contributed by atoms with van der Waals surface area (Å²) >= 11 is 0. The molecule has 1 N–H and O–H groups in total. The maximum atomic E-state index is 11.8. The van der Waals surface area contributed by atoms with Crippen molar-refractivity contribution >= 4 is 17.5 Å². The number of ether oxygens (including phenoxy) is 1. The van der Waals surface area contributed by atoms with Crippen LogP contribution in [0.3, 0.4) is 0 Å². The van der Waals surface area contributed by atoms with Gasteiger partial charge in [0.05, 0.1) is 0 Å². The van der Waals surface area contributed by atoms with Crippen LogP contribution < -0.4 is 15.0 Å². The number of likely N-dealkylation sites (N-methyl/N-ethyl adjacent to an activating group) is 1. The molecule has 132 valence electrons. The van der Waals surface area contributed by atoms with Gasteiger partial charge >= 0.3 is 0 Å². The zero-order valence-electron chi connectivity index (χ0n) is 14.6. The molecule has 0 spiro atoms. The summed E-state index contributed by atoms with van der Waals surface area (Å²) < 4.78 is 5.55. The minimum Gasteiger partial charge on any atom is -0.484 e. The number of nitrogens with zero attached hydrogens (tertiary/aromatic N) is 2. The second-order valence-electron chi connectivity index (χ2n) is 5.81. The summed E-state index contributed by atoms with van der Waals surface area (Å²) in [5, 5.41) is 2.86. The van der Waals surface area contributed by atoms with Gasteiger partial charge in [0.25, 0.3) is 5.91 Å². The molecule has 0 aliphatic carbocycles. The van der Waals surface area contributed by atoms with Crippen LogP contribution in [0.5, 0.6) is 5.75 Å². The van der Waals surface area contributed by atoms with Crippen LogP contribution in [0.4, 0.5) is 5.69 Å². The quantitative estimate of drug-likeness (QED) is 0.746. The molecule has 6 nitrogen and oxygen atoms in total. The van der Waals surface area contributed by atoms with Gasteiger partial charge in [-0.1, -0.05) is 19.9 Å².